The van der Waals surface area contributed by atoms with E-state index in [-0.39, 0.29) is 29.6 Å². The van der Waals surface area contributed by atoms with Gasteiger partial charge in [-0.1, -0.05) is 19.6 Å². The van der Waals surface area contributed by atoms with Crippen LogP contribution in [0.5, 0.6) is 0 Å². The van der Waals surface area contributed by atoms with Crippen molar-refractivity contribution in [1.29, 1.82) is 0 Å². The summed E-state index contributed by atoms with van der Waals surface area (Å²) in [4.78, 5) is 19.5. The van der Waals surface area contributed by atoms with Crippen molar-refractivity contribution in [3.05, 3.63) is 88.5 Å². The Morgan fingerprint density at radius 2 is 1.83 bits per heavy atom. The number of carbonyl (C=O) groups excluding carboxylic acids is 1. The molecule has 256 valence electrons. The largest absolute Gasteiger partial charge is 0.416 e. The molecule has 2 saturated heterocycles. The van der Waals surface area contributed by atoms with Crippen LogP contribution in [0.25, 0.3) is 0 Å². The average Bonchev–Trinajstić information content (AvgIpc) is 3.70. The highest BCUT2D eigenvalue weighted by Gasteiger charge is 2.50. The number of likely N-dealkylation sites (tertiary alicyclic amines) is 2. The zero-order valence-corrected chi connectivity index (χ0v) is 27.8. The van der Waals surface area contributed by atoms with Gasteiger partial charge in [-0.25, -0.2) is 4.39 Å². The van der Waals surface area contributed by atoms with E-state index in [9.17, 15) is 23.1 Å². The van der Waals surface area contributed by atoms with E-state index < -0.39 is 35.0 Å². The van der Waals surface area contributed by atoms with Crippen molar-refractivity contribution in [3.8, 4) is 0 Å². The third-order valence-corrected chi connectivity index (χ3v) is 11.0. The number of rotatable bonds is 8. The summed E-state index contributed by atoms with van der Waals surface area (Å²) in [6, 6.07) is 8.00. The van der Waals surface area contributed by atoms with E-state index >= 15 is 4.39 Å². The lowest BCUT2D eigenvalue weighted by Crippen LogP contribution is -2.60. The van der Waals surface area contributed by atoms with E-state index in [2.05, 4.69) is 28.6 Å². The van der Waals surface area contributed by atoms with Gasteiger partial charge < -0.3 is 14.6 Å². The predicted octanol–water partition coefficient (Wildman–Crippen LogP) is 5.93. The smallest absolute Gasteiger partial charge is 0.375 e. The number of benzene rings is 2. The summed E-state index contributed by atoms with van der Waals surface area (Å²) in [6.07, 6.45) is 0.121. The maximum Gasteiger partial charge on any atom is 0.416 e. The standard InChI is InChI=1S/C36H42F4N6O2/c1-6-30(47)45-19-34(20-45)7-8-44(18-34)16-23-9-27-28(29(10-23)36(38,39)40)17-46(31(27)48)26-12-24(33(3,4)37)11-25(13-26)35(14-22(2)15-35)32-42-41-21-43(32)5/h6,9-13,21-22,30,47H,1,7-8,14-20H2,2-5H3. The number of hydrogen-bond donors (Lipinski definition) is 1. The molecule has 1 unspecified atom stereocenters. The molecular weight excluding hydrogens is 624 g/mol. The van der Waals surface area contributed by atoms with Gasteiger partial charge in [0, 0.05) is 49.9 Å². The molecule has 1 N–H and O–H groups in total. The number of carbonyl (C=O) groups is 1. The van der Waals surface area contributed by atoms with Crippen molar-refractivity contribution in [2.45, 2.75) is 76.6 Å². The minimum Gasteiger partial charge on any atom is -0.375 e. The van der Waals surface area contributed by atoms with Gasteiger partial charge in [-0.15, -0.1) is 10.2 Å². The number of hydrogen-bond acceptors (Lipinski definition) is 6. The Labute approximate surface area is 278 Å². The maximum absolute atomic E-state index is 15.7. The normalized spacial score (nSPS) is 24.9. The Hall–Kier alpha value is -3.61. The topological polar surface area (TPSA) is 77.7 Å². The number of halogens is 4. The van der Waals surface area contributed by atoms with Gasteiger partial charge >= 0.3 is 6.18 Å². The lowest BCUT2D eigenvalue weighted by Gasteiger charge is -2.49. The quantitative estimate of drug-likeness (QED) is 0.238. The highest BCUT2D eigenvalue weighted by Crippen LogP contribution is 2.53. The SMILES string of the molecule is C=CC(O)N1CC2(CCN(Cc3cc4c(c(C(F)(F)F)c3)CN(c3cc(C(C)(C)F)cc(C5(c6nncn6C)CC(C)C5)c3)C4=O)C2)C1. The fourth-order valence-corrected chi connectivity index (χ4v) is 8.63. The van der Waals surface area contributed by atoms with Crippen molar-refractivity contribution in [2.75, 3.05) is 31.1 Å². The van der Waals surface area contributed by atoms with Crippen LogP contribution in [0.3, 0.4) is 0 Å². The number of aliphatic hydroxyl groups excluding tert-OH is 1. The zero-order valence-electron chi connectivity index (χ0n) is 27.8. The Morgan fingerprint density at radius 3 is 2.44 bits per heavy atom. The first-order valence-electron chi connectivity index (χ1n) is 16.5. The molecule has 7 rings (SSSR count). The molecule has 4 heterocycles. The maximum atomic E-state index is 15.7. The third-order valence-electron chi connectivity index (χ3n) is 11.0. The minimum absolute atomic E-state index is 0.00625. The first-order chi connectivity index (χ1) is 22.5. The monoisotopic (exact) mass is 666 g/mol. The molecule has 1 aliphatic carbocycles. The number of anilines is 1. The van der Waals surface area contributed by atoms with E-state index in [1.54, 1.807) is 24.5 Å². The molecule has 2 aromatic carbocycles. The van der Waals surface area contributed by atoms with Gasteiger partial charge in [0.2, 0.25) is 0 Å². The van der Waals surface area contributed by atoms with Gasteiger partial charge in [0.05, 0.1) is 17.5 Å². The summed E-state index contributed by atoms with van der Waals surface area (Å²) in [6.45, 7) is 11.5. The molecule has 12 heteroatoms. The summed E-state index contributed by atoms with van der Waals surface area (Å²) in [7, 11) is 1.86. The Kier molecular flexibility index (Phi) is 7.69. The van der Waals surface area contributed by atoms with Crippen molar-refractivity contribution in [3.63, 3.8) is 0 Å². The molecular formula is C36H42F4N6O2. The highest BCUT2D eigenvalue weighted by molar-refractivity contribution is 6.10. The second kappa shape index (κ2) is 11.2. The van der Waals surface area contributed by atoms with Gasteiger partial charge in [-0.05, 0) is 98.2 Å². The zero-order chi connectivity index (χ0) is 34.4. The molecule has 1 amide bonds. The minimum atomic E-state index is -4.66. The van der Waals surface area contributed by atoms with Gasteiger partial charge in [0.1, 0.15) is 24.0 Å². The molecule has 48 heavy (non-hydrogen) atoms. The molecule has 3 aliphatic heterocycles. The number of nitrogens with zero attached hydrogens (tertiary/aromatic N) is 6. The van der Waals surface area contributed by atoms with Crippen LogP contribution < -0.4 is 4.90 Å². The fourth-order valence-electron chi connectivity index (χ4n) is 8.63. The highest BCUT2D eigenvalue weighted by atomic mass is 19.4. The fraction of sp³-hybridized carbons (Fsp3) is 0.528. The van der Waals surface area contributed by atoms with Crippen LogP contribution in [-0.4, -0.2) is 68.0 Å². The predicted molar refractivity (Wildman–Crippen MR) is 173 cm³/mol. The molecule has 4 aliphatic rings. The van der Waals surface area contributed by atoms with Crippen LogP contribution in [0.2, 0.25) is 0 Å². The summed E-state index contributed by atoms with van der Waals surface area (Å²) >= 11 is 0. The Bertz CT molecular complexity index is 1770. The molecule has 1 aromatic heterocycles. The summed E-state index contributed by atoms with van der Waals surface area (Å²) in [5, 5.41) is 18.6. The number of fused-ring (bicyclic) bond motifs is 1. The summed E-state index contributed by atoms with van der Waals surface area (Å²) in [5.41, 5.74) is -1.27. The summed E-state index contributed by atoms with van der Waals surface area (Å²) in [5.74, 6) is 0.582. The van der Waals surface area contributed by atoms with E-state index in [0.29, 0.717) is 42.4 Å². The van der Waals surface area contributed by atoms with E-state index in [0.717, 1.165) is 37.2 Å². The number of amides is 1. The Morgan fingerprint density at radius 1 is 1.10 bits per heavy atom. The van der Waals surface area contributed by atoms with Crippen molar-refractivity contribution >= 4 is 11.6 Å². The molecule has 1 atom stereocenters. The van der Waals surface area contributed by atoms with Crippen molar-refractivity contribution < 1.29 is 27.5 Å². The molecule has 3 aromatic rings. The van der Waals surface area contributed by atoms with Crippen LogP contribution in [0, 0.1) is 11.3 Å². The average molecular weight is 667 g/mol. The molecule has 0 bridgehead atoms. The van der Waals surface area contributed by atoms with E-state index in [1.807, 2.05) is 22.6 Å². The van der Waals surface area contributed by atoms with Gasteiger partial charge in [0.25, 0.3) is 5.91 Å². The number of aryl methyl sites for hydroxylation is 1. The van der Waals surface area contributed by atoms with Crippen LogP contribution in [0.15, 0.2) is 49.3 Å². The second-order valence-electron chi connectivity index (χ2n) is 15.2. The molecule has 3 fully saturated rings. The van der Waals surface area contributed by atoms with Crippen LogP contribution in [0.1, 0.15) is 84.0 Å². The van der Waals surface area contributed by atoms with Crippen LogP contribution in [-0.2, 0) is 37.4 Å². The van der Waals surface area contributed by atoms with Crippen molar-refractivity contribution in [2.24, 2.45) is 18.4 Å². The van der Waals surface area contributed by atoms with E-state index in [1.165, 1.54) is 30.9 Å². The lowest BCUT2D eigenvalue weighted by molar-refractivity contribution is -0.138. The first-order valence-corrected chi connectivity index (χ1v) is 16.5. The van der Waals surface area contributed by atoms with Crippen LogP contribution in [0.4, 0.5) is 23.2 Å². The number of aromatic nitrogens is 3. The number of aliphatic hydroxyl groups is 1. The van der Waals surface area contributed by atoms with Crippen LogP contribution >= 0.6 is 0 Å². The van der Waals surface area contributed by atoms with E-state index in [4.69, 9.17) is 0 Å². The van der Waals surface area contributed by atoms with Gasteiger partial charge in [0.15, 0.2) is 0 Å². The second-order valence-corrected chi connectivity index (χ2v) is 15.2. The number of alkyl halides is 4. The van der Waals surface area contributed by atoms with Crippen molar-refractivity contribution in [1.82, 2.24) is 24.6 Å². The first kappa shape index (κ1) is 32.9. The molecule has 8 nitrogen and oxygen atoms in total. The molecule has 0 radical (unpaired) electrons. The van der Waals surface area contributed by atoms with Gasteiger partial charge in [-0.2, -0.15) is 13.2 Å². The lowest BCUT2D eigenvalue weighted by atomic mass is 9.58. The summed E-state index contributed by atoms with van der Waals surface area (Å²) < 4.78 is 61.3. The molecule has 1 saturated carbocycles. The Balaban J connectivity index is 1.22. The third kappa shape index (κ3) is 5.45. The molecule has 1 spiro atoms. The van der Waals surface area contributed by atoms with Gasteiger partial charge in [-0.3, -0.25) is 14.6 Å².